The highest BCUT2D eigenvalue weighted by molar-refractivity contribution is 14.0. The van der Waals surface area contributed by atoms with Gasteiger partial charge in [0.1, 0.15) is 6.61 Å². The first-order chi connectivity index (χ1) is 10.7. The predicted octanol–water partition coefficient (Wildman–Crippen LogP) is 2.22. The van der Waals surface area contributed by atoms with Crippen molar-refractivity contribution in [1.82, 2.24) is 15.6 Å². The molecule has 23 heavy (non-hydrogen) atoms. The van der Waals surface area contributed by atoms with Gasteiger partial charge in [0, 0.05) is 19.3 Å². The first kappa shape index (κ1) is 18.5. The van der Waals surface area contributed by atoms with Gasteiger partial charge in [-0.05, 0) is 25.3 Å². The van der Waals surface area contributed by atoms with Gasteiger partial charge in [-0.3, -0.25) is 4.99 Å². The van der Waals surface area contributed by atoms with Gasteiger partial charge in [-0.25, -0.2) is 4.98 Å². The van der Waals surface area contributed by atoms with Gasteiger partial charge in [0.2, 0.25) is 5.88 Å². The van der Waals surface area contributed by atoms with E-state index in [2.05, 4.69) is 20.6 Å². The first-order valence-electron chi connectivity index (χ1n) is 7.61. The molecule has 3 atom stereocenters. The van der Waals surface area contributed by atoms with Crippen molar-refractivity contribution in [3.05, 3.63) is 23.4 Å². The molecule has 3 rings (SSSR count). The van der Waals surface area contributed by atoms with Gasteiger partial charge < -0.3 is 20.1 Å². The number of hydrogen-bond acceptors (Lipinski definition) is 4. The maximum absolute atomic E-state index is 5.83. The van der Waals surface area contributed by atoms with Crippen LogP contribution in [0.3, 0.4) is 0 Å². The van der Waals surface area contributed by atoms with Crippen LogP contribution >= 0.6 is 35.6 Å². The molecule has 2 bridgehead atoms. The summed E-state index contributed by atoms with van der Waals surface area (Å²) in [6.45, 7) is 1.15. The average molecular weight is 453 g/mol. The molecular weight excluding hydrogens is 431 g/mol. The zero-order chi connectivity index (χ0) is 15.4. The molecule has 2 N–H and O–H groups in total. The predicted molar refractivity (Wildman–Crippen MR) is 101 cm³/mol. The van der Waals surface area contributed by atoms with Crippen LogP contribution in [-0.4, -0.2) is 49.4 Å². The van der Waals surface area contributed by atoms with Gasteiger partial charge in [-0.15, -0.1) is 24.0 Å². The molecule has 6 nitrogen and oxygen atoms in total. The summed E-state index contributed by atoms with van der Waals surface area (Å²) in [4.78, 5) is 8.32. The average Bonchev–Trinajstić information content (AvgIpc) is 3.14. The Balaban J connectivity index is 0.00000192. The summed E-state index contributed by atoms with van der Waals surface area (Å²) in [7, 11) is 1.77. The van der Waals surface area contributed by atoms with Gasteiger partial charge in [0.05, 0.1) is 29.8 Å². The molecule has 0 radical (unpaired) electrons. The van der Waals surface area contributed by atoms with Crippen molar-refractivity contribution in [3.63, 3.8) is 0 Å². The lowest BCUT2D eigenvalue weighted by molar-refractivity contribution is 0.0992. The monoisotopic (exact) mass is 452 g/mol. The fourth-order valence-corrected chi connectivity index (χ4v) is 3.04. The Morgan fingerprint density at radius 1 is 1.48 bits per heavy atom. The second kappa shape index (κ2) is 8.89. The number of guanidine groups is 1. The van der Waals surface area contributed by atoms with E-state index < -0.39 is 0 Å². The SMILES string of the molecule is CN=C(NCCOc1ccc(Cl)cn1)NC1CC2CCC1O2.I. The zero-order valence-electron chi connectivity index (χ0n) is 13.0. The highest BCUT2D eigenvalue weighted by atomic mass is 127. The Kier molecular flexibility index (Phi) is 7.16. The summed E-state index contributed by atoms with van der Waals surface area (Å²) in [6.07, 6.45) is 5.73. The number of nitrogens with zero attached hydrogens (tertiary/aromatic N) is 2. The lowest BCUT2D eigenvalue weighted by Crippen LogP contribution is -2.48. The van der Waals surface area contributed by atoms with Crippen LogP contribution in [0.15, 0.2) is 23.3 Å². The second-order valence-electron chi connectivity index (χ2n) is 5.52. The maximum Gasteiger partial charge on any atom is 0.213 e. The van der Waals surface area contributed by atoms with E-state index in [4.69, 9.17) is 21.1 Å². The van der Waals surface area contributed by atoms with Crippen LogP contribution in [0.25, 0.3) is 0 Å². The van der Waals surface area contributed by atoms with Crippen LogP contribution in [0.4, 0.5) is 0 Å². The van der Waals surface area contributed by atoms with Crippen molar-refractivity contribution in [1.29, 1.82) is 0 Å². The van der Waals surface area contributed by atoms with Gasteiger partial charge in [-0.2, -0.15) is 0 Å². The molecule has 2 saturated heterocycles. The molecule has 8 heteroatoms. The van der Waals surface area contributed by atoms with Crippen LogP contribution in [0.1, 0.15) is 19.3 Å². The molecule has 0 aliphatic carbocycles. The Bertz CT molecular complexity index is 529. The van der Waals surface area contributed by atoms with Gasteiger partial charge in [-0.1, -0.05) is 11.6 Å². The molecule has 3 unspecified atom stereocenters. The Morgan fingerprint density at radius 3 is 2.96 bits per heavy atom. The van der Waals surface area contributed by atoms with Crippen molar-refractivity contribution in [2.45, 2.75) is 37.5 Å². The van der Waals surface area contributed by atoms with E-state index in [9.17, 15) is 0 Å². The molecule has 0 amide bonds. The van der Waals surface area contributed by atoms with Gasteiger partial charge >= 0.3 is 0 Å². The van der Waals surface area contributed by atoms with Gasteiger partial charge in [0.25, 0.3) is 0 Å². The topological polar surface area (TPSA) is 67.8 Å². The van der Waals surface area contributed by atoms with E-state index in [1.807, 2.05) is 0 Å². The molecule has 2 fully saturated rings. The quantitative estimate of drug-likeness (QED) is 0.310. The number of fused-ring (bicyclic) bond motifs is 2. The minimum Gasteiger partial charge on any atom is -0.476 e. The largest absolute Gasteiger partial charge is 0.476 e. The summed E-state index contributed by atoms with van der Waals surface area (Å²) in [5, 5.41) is 7.27. The van der Waals surface area contributed by atoms with Crippen LogP contribution < -0.4 is 15.4 Å². The first-order valence-corrected chi connectivity index (χ1v) is 7.99. The number of ether oxygens (including phenoxy) is 2. The highest BCUT2D eigenvalue weighted by Crippen LogP contribution is 2.34. The smallest absolute Gasteiger partial charge is 0.213 e. The second-order valence-corrected chi connectivity index (χ2v) is 5.96. The molecule has 2 aliphatic heterocycles. The Hall–Kier alpha value is -0.800. The minimum absolute atomic E-state index is 0. The van der Waals surface area contributed by atoms with E-state index >= 15 is 0 Å². The summed E-state index contributed by atoms with van der Waals surface area (Å²) in [6, 6.07) is 3.87. The minimum atomic E-state index is 0. The standard InChI is InChI=1S/C15H21ClN4O2.HI/c1-17-15(20-12-8-11-3-4-13(12)22-11)18-6-7-21-14-5-2-10(16)9-19-14;/h2,5,9,11-13H,3-4,6-8H2,1H3,(H2,17,18,20);1H. The number of hydrogen-bond donors (Lipinski definition) is 2. The molecular formula is C15H22ClIN4O2. The fourth-order valence-electron chi connectivity index (χ4n) is 2.93. The maximum atomic E-state index is 5.83. The lowest BCUT2D eigenvalue weighted by atomic mass is 9.96. The third kappa shape index (κ3) is 5.09. The Labute approximate surface area is 158 Å². The summed E-state index contributed by atoms with van der Waals surface area (Å²) in [5.41, 5.74) is 0. The third-order valence-corrected chi connectivity index (χ3v) is 4.22. The van der Waals surface area contributed by atoms with E-state index in [-0.39, 0.29) is 24.0 Å². The number of aromatic nitrogens is 1. The molecule has 1 aromatic heterocycles. The van der Waals surface area contributed by atoms with Crippen molar-refractivity contribution in [2.24, 2.45) is 4.99 Å². The summed E-state index contributed by atoms with van der Waals surface area (Å²) < 4.78 is 11.4. The Morgan fingerprint density at radius 2 is 2.35 bits per heavy atom. The molecule has 2 aliphatic rings. The number of pyridine rings is 1. The third-order valence-electron chi connectivity index (χ3n) is 4.00. The molecule has 0 spiro atoms. The molecule has 1 aromatic rings. The van der Waals surface area contributed by atoms with Crippen molar-refractivity contribution >= 4 is 41.5 Å². The normalized spacial score (nSPS) is 25.8. The highest BCUT2D eigenvalue weighted by Gasteiger charge is 2.41. The van der Waals surface area contributed by atoms with Gasteiger partial charge in [0.15, 0.2) is 5.96 Å². The van der Waals surface area contributed by atoms with E-state index in [0.29, 0.717) is 42.3 Å². The molecule has 3 heterocycles. The number of halogens is 2. The van der Waals surface area contributed by atoms with Crippen LogP contribution in [0.5, 0.6) is 5.88 Å². The molecule has 0 saturated carbocycles. The van der Waals surface area contributed by atoms with Crippen molar-refractivity contribution in [3.8, 4) is 5.88 Å². The van der Waals surface area contributed by atoms with Crippen LogP contribution in [0, 0.1) is 0 Å². The van der Waals surface area contributed by atoms with E-state index in [1.54, 1.807) is 25.4 Å². The fraction of sp³-hybridized carbons (Fsp3) is 0.600. The number of rotatable bonds is 5. The van der Waals surface area contributed by atoms with Crippen LogP contribution in [0.2, 0.25) is 5.02 Å². The number of aliphatic imine (C=N–C) groups is 1. The zero-order valence-corrected chi connectivity index (χ0v) is 16.1. The summed E-state index contributed by atoms with van der Waals surface area (Å²) in [5.74, 6) is 1.35. The molecule has 0 aromatic carbocycles. The van der Waals surface area contributed by atoms with Crippen molar-refractivity contribution < 1.29 is 9.47 Å². The number of nitrogens with one attached hydrogen (secondary N) is 2. The van der Waals surface area contributed by atoms with Crippen molar-refractivity contribution in [2.75, 3.05) is 20.2 Å². The lowest BCUT2D eigenvalue weighted by Gasteiger charge is -2.22. The summed E-state index contributed by atoms with van der Waals surface area (Å²) >= 11 is 5.78. The van der Waals surface area contributed by atoms with Crippen LogP contribution in [-0.2, 0) is 4.74 Å². The molecule has 128 valence electrons. The van der Waals surface area contributed by atoms with E-state index in [1.165, 1.54) is 6.42 Å². The van der Waals surface area contributed by atoms with E-state index in [0.717, 1.165) is 18.8 Å².